The quantitative estimate of drug-likeness (QED) is 0.506. The molecule has 8 nitrogen and oxygen atoms in total. The summed E-state index contributed by atoms with van der Waals surface area (Å²) in [6.07, 6.45) is -4.89. The van der Waals surface area contributed by atoms with Crippen LogP contribution in [0.1, 0.15) is 21.7 Å². The van der Waals surface area contributed by atoms with Crippen LogP contribution in [0.5, 0.6) is 5.75 Å². The smallest absolute Gasteiger partial charge is 0.406 e. The summed E-state index contributed by atoms with van der Waals surface area (Å²) in [4.78, 5) is 25.3. The second-order valence-corrected chi connectivity index (χ2v) is 7.40. The highest BCUT2D eigenvalue weighted by Crippen LogP contribution is 2.35. The number of amides is 1. The van der Waals surface area contributed by atoms with Crippen LogP contribution in [0, 0.1) is 13.8 Å². The third-order valence-electron chi connectivity index (χ3n) is 4.78. The monoisotopic (exact) mass is 488 g/mol. The van der Waals surface area contributed by atoms with Crippen molar-refractivity contribution in [3.8, 4) is 17.1 Å². The molecule has 0 saturated carbocycles. The predicted molar refractivity (Wildman–Crippen MR) is 111 cm³/mol. The normalized spacial score (nSPS) is 11.5. The Morgan fingerprint density at radius 3 is 2.58 bits per heavy atom. The molecule has 2 aromatic heterocycles. The maximum Gasteiger partial charge on any atom is 0.573 e. The molecule has 1 N–H and O–H groups in total. The highest BCUT2D eigenvalue weighted by molar-refractivity contribution is 6.33. The summed E-state index contributed by atoms with van der Waals surface area (Å²) in [6.45, 7) is 5.79. The molecule has 3 aromatic rings. The Kier molecular flexibility index (Phi) is 6.41. The van der Waals surface area contributed by atoms with Crippen LogP contribution >= 0.6 is 11.6 Å². The topological polar surface area (TPSA) is 91.3 Å². The first-order valence-corrected chi connectivity index (χ1v) is 9.61. The number of halogens is 5. The molecule has 0 atom stereocenters. The number of nitrogens with zero attached hydrogens (tertiary/aromatic N) is 3. The standard InChI is InChI=1S/C20H17ClF4N4O4/c1-9(22)8-29-19(31)16(11(3)28(29)4)26-18(30)15-10(2)17(33-27-15)13-6-5-12(7-14(13)21)32-20(23,24)25/h5-7H,1,8H2,2-4H3,(H,26,30). The Labute approximate surface area is 189 Å². The fourth-order valence-electron chi connectivity index (χ4n) is 3.10. The molecular weight excluding hydrogens is 472 g/mol. The minimum atomic E-state index is -4.89. The van der Waals surface area contributed by atoms with E-state index < -0.39 is 29.4 Å². The number of anilines is 1. The van der Waals surface area contributed by atoms with Gasteiger partial charge in [0, 0.05) is 18.2 Å². The lowest BCUT2D eigenvalue weighted by Gasteiger charge is -2.10. The molecule has 0 aliphatic carbocycles. The second-order valence-electron chi connectivity index (χ2n) is 6.99. The van der Waals surface area contributed by atoms with E-state index in [1.807, 2.05) is 0 Å². The van der Waals surface area contributed by atoms with Gasteiger partial charge in [0.05, 0.1) is 17.3 Å². The molecule has 176 valence electrons. The Hall–Kier alpha value is -3.54. The van der Waals surface area contributed by atoms with Gasteiger partial charge in [0.2, 0.25) is 0 Å². The van der Waals surface area contributed by atoms with Crippen LogP contribution < -0.4 is 15.6 Å². The van der Waals surface area contributed by atoms with Gasteiger partial charge in [0.15, 0.2) is 11.5 Å². The highest BCUT2D eigenvalue weighted by atomic mass is 35.5. The van der Waals surface area contributed by atoms with E-state index in [0.29, 0.717) is 5.69 Å². The maximum absolute atomic E-state index is 13.2. The van der Waals surface area contributed by atoms with E-state index in [2.05, 4.69) is 21.8 Å². The van der Waals surface area contributed by atoms with E-state index in [9.17, 15) is 27.2 Å². The third kappa shape index (κ3) is 4.95. The number of rotatable bonds is 6. The van der Waals surface area contributed by atoms with Crippen molar-refractivity contribution >= 4 is 23.2 Å². The van der Waals surface area contributed by atoms with Gasteiger partial charge in [-0.25, -0.2) is 9.07 Å². The van der Waals surface area contributed by atoms with E-state index >= 15 is 0 Å². The number of carbonyl (C=O) groups is 1. The van der Waals surface area contributed by atoms with Gasteiger partial charge in [-0.05, 0) is 32.0 Å². The van der Waals surface area contributed by atoms with Crippen molar-refractivity contribution < 1.29 is 31.6 Å². The van der Waals surface area contributed by atoms with Crippen molar-refractivity contribution in [2.45, 2.75) is 26.8 Å². The van der Waals surface area contributed by atoms with Gasteiger partial charge in [-0.1, -0.05) is 23.3 Å². The Morgan fingerprint density at radius 1 is 1.33 bits per heavy atom. The SMILES string of the molecule is C=C(F)Cn1c(=O)c(NC(=O)c2noc(-c3ccc(OC(F)(F)F)cc3Cl)c2C)c(C)n1C. The predicted octanol–water partition coefficient (Wildman–Crippen LogP) is 4.75. The minimum Gasteiger partial charge on any atom is -0.406 e. The summed E-state index contributed by atoms with van der Waals surface area (Å²) in [5, 5.41) is 6.01. The van der Waals surface area contributed by atoms with Crippen LogP contribution in [0.2, 0.25) is 5.02 Å². The van der Waals surface area contributed by atoms with Crippen molar-refractivity contribution in [1.82, 2.24) is 14.5 Å². The molecule has 0 spiro atoms. The third-order valence-corrected chi connectivity index (χ3v) is 5.09. The van der Waals surface area contributed by atoms with Crippen molar-refractivity contribution in [1.29, 1.82) is 0 Å². The first-order chi connectivity index (χ1) is 15.3. The van der Waals surface area contributed by atoms with Gasteiger partial charge in [0.25, 0.3) is 11.5 Å². The van der Waals surface area contributed by atoms with Gasteiger partial charge < -0.3 is 14.6 Å². The number of aromatic nitrogens is 3. The number of hydrogen-bond donors (Lipinski definition) is 1. The van der Waals surface area contributed by atoms with E-state index in [0.717, 1.165) is 16.8 Å². The zero-order valence-corrected chi connectivity index (χ0v) is 18.3. The average Bonchev–Trinajstić information content (AvgIpc) is 3.16. The minimum absolute atomic E-state index is 0.0413. The lowest BCUT2D eigenvalue weighted by Crippen LogP contribution is -2.24. The van der Waals surface area contributed by atoms with Crippen LogP contribution in [-0.4, -0.2) is 26.8 Å². The van der Waals surface area contributed by atoms with Crippen LogP contribution in [0.25, 0.3) is 11.3 Å². The van der Waals surface area contributed by atoms with E-state index in [1.54, 1.807) is 6.92 Å². The summed E-state index contributed by atoms with van der Waals surface area (Å²) >= 11 is 6.07. The molecule has 0 unspecified atom stereocenters. The number of alkyl halides is 3. The molecule has 0 aliphatic rings. The molecule has 1 aromatic carbocycles. The van der Waals surface area contributed by atoms with Gasteiger partial charge in [0.1, 0.15) is 17.3 Å². The largest absolute Gasteiger partial charge is 0.573 e. The second kappa shape index (κ2) is 8.77. The van der Waals surface area contributed by atoms with Crippen LogP contribution in [-0.2, 0) is 13.6 Å². The van der Waals surface area contributed by atoms with Crippen molar-refractivity contribution in [3.63, 3.8) is 0 Å². The first-order valence-electron chi connectivity index (χ1n) is 9.23. The van der Waals surface area contributed by atoms with Crippen LogP contribution in [0.3, 0.4) is 0 Å². The van der Waals surface area contributed by atoms with Gasteiger partial charge >= 0.3 is 6.36 Å². The van der Waals surface area contributed by atoms with Crippen molar-refractivity contribution in [3.05, 3.63) is 62.9 Å². The fraction of sp³-hybridized carbons (Fsp3) is 0.250. The zero-order valence-electron chi connectivity index (χ0n) is 17.5. The highest BCUT2D eigenvalue weighted by Gasteiger charge is 2.31. The number of ether oxygens (including phenoxy) is 1. The van der Waals surface area contributed by atoms with E-state index in [4.69, 9.17) is 16.1 Å². The Bertz CT molecular complexity index is 1310. The van der Waals surface area contributed by atoms with Gasteiger partial charge in [-0.2, -0.15) is 0 Å². The van der Waals surface area contributed by atoms with Gasteiger partial charge in [-0.3, -0.25) is 14.3 Å². The van der Waals surface area contributed by atoms with Crippen LogP contribution in [0.4, 0.5) is 23.2 Å². The molecule has 0 bridgehead atoms. The number of benzene rings is 1. The number of nitrogens with one attached hydrogen (secondary N) is 1. The molecule has 33 heavy (non-hydrogen) atoms. The molecule has 0 saturated heterocycles. The molecular formula is C20H17ClF4N4O4. The molecule has 2 heterocycles. The van der Waals surface area contributed by atoms with Crippen LogP contribution in [0.15, 0.2) is 39.9 Å². The molecule has 1 amide bonds. The number of carbonyl (C=O) groups excluding carboxylic acids is 1. The Balaban J connectivity index is 1.90. The summed E-state index contributed by atoms with van der Waals surface area (Å²) < 4.78 is 61.8. The average molecular weight is 489 g/mol. The molecule has 3 rings (SSSR count). The maximum atomic E-state index is 13.2. The summed E-state index contributed by atoms with van der Waals surface area (Å²) in [7, 11) is 1.52. The molecule has 0 fully saturated rings. The summed E-state index contributed by atoms with van der Waals surface area (Å²) in [5.41, 5.74) is -0.147. The lowest BCUT2D eigenvalue weighted by atomic mass is 10.1. The Morgan fingerprint density at radius 2 is 2.00 bits per heavy atom. The summed E-state index contributed by atoms with van der Waals surface area (Å²) in [5.74, 6) is -2.01. The fourth-order valence-corrected chi connectivity index (χ4v) is 3.35. The molecule has 0 radical (unpaired) electrons. The van der Waals surface area contributed by atoms with E-state index in [-0.39, 0.29) is 39.8 Å². The van der Waals surface area contributed by atoms with Crippen molar-refractivity contribution in [2.24, 2.45) is 7.05 Å². The number of allylic oxidation sites excluding steroid dienone is 1. The number of hydrogen-bond acceptors (Lipinski definition) is 5. The first kappa shape index (κ1) is 24.1. The molecule has 13 heteroatoms. The summed E-state index contributed by atoms with van der Waals surface area (Å²) in [6, 6.07) is 3.20. The van der Waals surface area contributed by atoms with E-state index in [1.165, 1.54) is 24.7 Å². The molecule has 0 aliphatic heterocycles. The zero-order chi connectivity index (χ0) is 24.7. The van der Waals surface area contributed by atoms with Crippen molar-refractivity contribution in [2.75, 3.05) is 5.32 Å². The van der Waals surface area contributed by atoms with Gasteiger partial charge in [-0.15, -0.1) is 13.2 Å². The lowest BCUT2D eigenvalue weighted by molar-refractivity contribution is -0.274.